The first-order valence-corrected chi connectivity index (χ1v) is 13.4. The predicted molar refractivity (Wildman–Crippen MR) is 131 cm³/mol. The maximum atomic E-state index is 12.8. The number of unbranched alkanes of at least 4 members (excludes halogenated alkanes) is 8. The lowest BCUT2D eigenvalue weighted by Crippen LogP contribution is -2.33. The molecule has 0 amide bonds. The van der Waals surface area contributed by atoms with Gasteiger partial charge in [-0.1, -0.05) is 84.3 Å². The van der Waals surface area contributed by atoms with Crippen molar-refractivity contribution in [1.29, 1.82) is 0 Å². The second-order valence-electron chi connectivity index (χ2n) is 8.99. The van der Waals surface area contributed by atoms with Gasteiger partial charge in [-0.25, -0.2) is 0 Å². The molecule has 0 aliphatic carbocycles. The molecule has 0 saturated heterocycles. The van der Waals surface area contributed by atoms with Crippen molar-refractivity contribution in [3.05, 3.63) is 63.6 Å². The average molecular weight is 462 g/mol. The first-order chi connectivity index (χ1) is 15.2. The third kappa shape index (κ3) is 8.12. The number of aryl methyl sites for hydroxylation is 2. The van der Waals surface area contributed by atoms with E-state index in [1.165, 1.54) is 56.7 Å². The van der Waals surface area contributed by atoms with E-state index in [-0.39, 0.29) is 4.90 Å². The molecule has 6 heteroatoms. The van der Waals surface area contributed by atoms with Crippen molar-refractivity contribution in [3.8, 4) is 0 Å². The predicted octanol–water partition coefficient (Wildman–Crippen LogP) is 6.17. The van der Waals surface area contributed by atoms with Crippen molar-refractivity contribution in [3.63, 3.8) is 0 Å². The fraction of sp³-hybridized carbons (Fsp3) is 0.577. The molecule has 0 atom stereocenters. The molecule has 2 rings (SSSR count). The Kier molecular flexibility index (Phi) is 10.5. The second kappa shape index (κ2) is 12.8. The van der Waals surface area contributed by atoms with Crippen LogP contribution in [0.2, 0.25) is 0 Å². The van der Waals surface area contributed by atoms with Gasteiger partial charge in [0.25, 0.3) is 5.56 Å². The van der Waals surface area contributed by atoms with E-state index in [0.29, 0.717) is 18.0 Å². The zero-order valence-corrected chi connectivity index (χ0v) is 20.9. The van der Waals surface area contributed by atoms with Crippen LogP contribution in [0.4, 0.5) is 0 Å². The summed E-state index contributed by atoms with van der Waals surface area (Å²) >= 11 is 0. The van der Waals surface area contributed by atoms with Gasteiger partial charge in [-0.3, -0.25) is 9.08 Å². The van der Waals surface area contributed by atoms with Crippen molar-refractivity contribution >= 4 is 10.1 Å². The lowest BCUT2D eigenvalue weighted by molar-refractivity contribution is 0.254. The Hall–Kier alpha value is -2.08. The number of hydrogen-bond acceptors (Lipinski definition) is 4. The minimum absolute atomic E-state index is 0.0448. The van der Waals surface area contributed by atoms with E-state index in [4.69, 9.17) is 4.28 Å². The largest absolute Gasteiger partial charge is 0.357 e. The summed E-state index contributed by atoms with van der Waals surface area (Å²) < 4.78 is 31.9. The number of benzene rings is 1. The Morgan fingerprint density at radius 2 is 1.44 bits per heavy atom. The van der Waals surface area contributed by atoms with E-state index in [1.54, 1.807) is 12.1 Å². The smallest absolute Gasteiger partial charge is 0.280 e. The van der Waals surface area contributed by atoms with Crippen LogP contribution >= 0.6 is 0 Å². The number of rotatable bonds is 14. The zero-order valence-electron chi connectivity index (χ0n) is 20.1. The first-order valence-electron chi connectivity index (χ1n) is 12.0. The molecular formula is C26H39NO4S. The lowest BCUT2D eigenvalue weighted by Gasteiger charge is -2.14. The van der Waals surface area contributed by atoms with Crippen molar-refractivity contribution in [2.75, 3.05) is 0 Å². The van der Waals surface area contributed by atoms with Gasteiger partial charge < -0.3 is 0 Å². The SMILES string of the molecule is CCCCCCCCCCCc1cc(C)cc(=O)n1OS(=O)(=O)c1ccc(C(C)C)cc1. The molecule has 0 N–H and O–H groups in total. The van der Waals surface area contributed by atoms with Gasteiger partial charge in [-0.05, 0) is 55.0 Å². The van der Waals surface area contributed by atoms with Gasteiger partial charge in [0.2, 0.25) is 0 Å². The van der Waals surface area contributed by atoms with Gasteiger partial charge in [0, 0.05) is 6.07 Å². The van der Waals surface area contributed by atoms with Crippen LogP contribution in [-0.2, 0) is 16.5 Å². The van der Waals surface area contributed by atoms with E-state index < -0.39 is 15.7 Å². The van der Waals surface area contributed by atoms with E-state index in [0.717, 1.165) is 35.1 Å². The quantitative estimate of drug-likeness (QED) is 0.316. The number of aromatic nitrogens is 1. The third-order valence-corrected chi connectivity index (χ3v) is 6.95. The second-order valence-corrected chi connectivity index (χ2v) is 10.5. The fourth-order valence-corrected chi connectivity index (χ4v) is 4.71. The Morgan fingerprint density at radius 1 is 0.875 bits per heavy atom. The Bertz CT molecular complexity index is 991. The summed E-state index contributed by atoms with van der Waals surface area (Å²) in [6, 6.07) is 9.86. The van der Waals surface area contributed by atoms with Gasteiger partial charge in [-0.15, -0.1) is 4.73 Å². The van der Waals surface area contributed by atoms with Crippen LogP contribution in [0.25, 0.3) is 0 Å². The maximum Gasteiger partial charge on any atom is 0.357 e. The molecule has 1 aromatic heterocycles. The van der Waals surface area contributed by atoms with Crippen LogP contribution in [0.5, 0.6) is 0 Å². The van der Waals surface area contributed by atoms with E-state index in [1.807, 2.05) is 26.8 Å². The highest BCUT2D eigenvalue weighted by molar-refractivity contribution is 7.87. The van der Waals surface area contributed by atoms with Crippen LogP contribution in [0.3, 0.4) is 0 Å². The molecule has 0 saturated carbocycles. The van der Waals surface area contributed by atoms with Crippen molar-refractivity contribution in [2.24, 2.45) is 0 Å². The standard InChI is InChI=1S/C26H39NO4S/c1-5-6-7-8-9-10-11-12-13-14-24-19-22(4)20-26(28)27(24)31-32(29,30)25-17-15-23(16-18-25)21(2)3/h15-21H,5-14H2,1-4H3. The van der Waals surface area contributed by atoms with E-state index in [9.17, 15) is 13.2 Å². The summed E-state index contributed by atoms with van der Waals surface area (Å²) in [5, 5.41) is 0. The fourth-order valence-electron chi connectivity index (χ4n) is 3.79. The zero-order chi connectivity index (χ0) is 23.6. The molecule has 0 aliphatic heterocycles. The van der Waals surface area contributed by atoms with Gasteiger partial charge in [-0.2, -0.15) is 8.42 Å². The van der Waals surface area contributed by atoms with Crippen molar-refractivity contribution in [2.45, 2.75) is 103 Å². The monoisotopic (exact) mass is 461 g/mol. The minimum atomic E-state index is -4.10. The Morgan fingerprint density at radius 3 is 2.00 bits per heavy atom. The summed E-state index contributed by atoms with van der Waals surface area (Å²) in [7, 11) is -4.10. The van der Waals surface area contributed by atoms with Gasteiger partial charge in [0.05, 0.1) is 5.69 Å². The van der Waals surface area contributed by atoms with Crippen molar-refractivity contribution in [1.82, 2.24) is 4.73 Å². The number of hydrogen-bond donors (Lipinski definition) is 0. The molecule has 0 bridgehead atoms. The molecule has 32 heavy (non-hydrogen) atoms. The van der Waals surface area contributed by atoms with E-state index >= 15 is 0 Å². The summed E-state index contributed by atoms with van der Waals surface area (Å²) in [6.45, 7) is 8.15. The topological polar surface area (TPSA) is 65.4 Å². The molecule has 0 fully saturated rings. The molecule has 1 aromatic carbocycles. The molecule has 0 aliphatic rings. The Balaban J connectivity index is 2.01. The summed E-state index contributed by atoms with van der Waals surface area (Å²) in [5.41, 5.74) is 1.99. The molecule has 5 nitrogen and oxygen atoms in total. The molecule has 2 aromatic rings. The molecule has 1 heterocycles. The molecule has 0 spiro atoms. The van der Waals surface area contributed by atoms with Crippen LogP contribution in [0.15, 0.2) is 46.1 Å². The normalized spacial score (nSPS) is 11.8. The third-order valence-electron chi connectivity index (χ3n) is 5.75. The van der Waals surface area contributed by atoms with E-state index in [2.05, 4.69) is 6.92 Å². The summed E-state index contributed by atoms with van der Waals surface area (Å²) in [6.07, 6.45) is 11.4. The first kappa shape index (κ1) is 26.2. The van der Waals surface area contributed by atoms with Crippen molar-refractivity contribution < 1.29 is 12.7 Å². The number of pyridine rings is 1. The van der Waals surface area contributed by atoms with Gasteiger partial charge in [0.15, 0.2) is 0 Å². The van der Waals surface area contributed by atoms with Crippen LogP contribution < -0.4 is 9.84 Å². The molecule has 178 valence electrons. The number of nitrogens with zero attached hydrogens (tertiary/aromatic N) is 1. The van der Waals surface area contributed by atoms with Crippen LogP contribution in [0, 0.1) is 6.92 Å². The summed E-state index contributed by atoms with van der Waals surface area (Å²) in [5.74, 6) is 0.301. The minimum Gasteiger partial charge on any atom is -0.280 e. The molecular weight excluding hydrogens is 422 g/mol. The molecule has 0 radical (unpaired) electrons. The highest BCUT2D eigenvalue weighted by atomic mass is 32.2. The van der Waals surface area contributed by atoms with Gasteiger partial charge >= 0.3 is 10.1 Å². The highest BCUT2D eigenvalue weighted by Gasteiger charge is 2.20. The summed E-state index contributed by atoms with van der Waals surface area (Å²) in [4.78, 5) is 12.6. The average Bonchev–Trinajstić information content (AvgIpc) is 2.75. The van der Waals surface area contributed by atoms with Gasteiger partial charge in [0.1, 0.15) is 4.90 Å². The molecule has 0 unspecified atom stereocenters. The van der Waals surface area contributed by atoms with Crippen LogP contribution in [0.1, 0.15) is 101 Å². The van der Waals surface area contributed by atoms with Crippen LogP contribution in [-0.4, -0.2) is 13.1 Å². The lowest BCUT2D eigenvalue weighted by atomic mass is 10.0. The Labute approximate surface area is 193 Å². The highest BCUT2D eigenvalue weighted by Crippen LogP contribution is 2.18. The maximum absolute atomic E-state index is 12.8.